The van der Waals surface area contributed by atoms with Gasteiger partial charge in [-0.25, -0.2) is 0 Å². The molecule has 0 spiro atoms. The lowest BCUT2D eigenvalue weighted by Gasteiger charge is -2.16. The van der Waals surface area contributed by atoms with Gasteiger partial charge in [-0.2, -0.15) is 4.98 Å². The fourth-order valence-corrected chi connectivity index (χ4v) is 2.54. The second-order valence-electron chi connectivity index (χ2n) is 4.03. The van der Waals surface area contributed by atoms with Crippen molar-refractivity contribution in [1.82, 2.24) is 9.55 Å². The summed E-state index contributed by atoms with van der Waals surface area (Å²) in [5, 5.41) is 3.70. The van der Waals surface area contributed by atoms with Crippen LogP contribution in [0.2, 0.25) is 0 Å². The predicted octanol–water partition coefficient (Wildman–Crippen LogP) is 1.21. The van der Waals surface area contributed by atoms with Gasteiger partial charge < -0.3 is 9.47 Å². The van der Waals surface area contributed by atoms with Crippen molar-refractivity contribution in [3.8, 4) is 6.01 Å². The molecular formula is C9H8IN5O3. The molecule has 9 heteroatoms. The summed E-state index contributed by atoms with van der Waals surface area (Å²) in [5.74, 6) is 0. The molecule has 2 aliphatic rings. The van der Waals surface area contributed by atoms with Gasteiger partial charge in [0, 0.05) is 17.5 Å². The summed E-state index contributed by atoms with van der Waals surface area (Å²) >= 11 is 1.92. The van der Waals surface area contributed by atoms with Crippen LogP contribution in [-0.2, 0) is 4.74 Å². The van der Waals surface area contributed by atoms with E-state index in [1.54, 1.807) is 10.8 Å². The lowest BCUT2D eigenvalue weighted by Crippen LogP contribution is -2.27. The molecule has 2 bridgehead atoms. The second-order valence-corrected chi connectivity index (χ2v) is 5.19. The van der Waals surface area contributed by atoms with Gasteiger partial charge in [0.2, 0.25) is 0 Å². The molecule has 1 saturated heterocycles. The van der Waals surface area contributed by atoms with Crippen molar-refractivity contribution in [2.24, 2.45) is 5.11 Å². The molecule has 8 nitrogen and oxygen atoms in total. The van der Waals surface area contributed by atoms with E-state index in [9.17, 15) is 4.79 Å². The van der Waals surface area contributed by atoms with Gasteiger partial charge in [0.25, 0.3) is 5.56 Å². The maximum atomic E-state index is 11.5. The summed E-state index contributed by atoms with van der Waals surface area (Å²) in [6, 6.07) is 0.0116. The first kappa shape index (κ1) is 11.8. The van der Waals surface area contributed by atoms with Gasteiger partial charge in [-0.1, -0.05) is 5.11 Å². The third-order valence-electron chi connectivity index (χ3n) is 2.97. The Morgan fingerprint density at radius 2 is 2.50 bits per heavy atom. The zero-order valence-corrected chi connectivity index (χ0v) is 11.2. The molecule has 0 saturated carbocycles. The van der Waals surface area contributed by atoms with E-state index in [1.807, 2.05) is 22.6 Å². The van der Waals surface area contributed by atoms with Gasteiger partial charge in [0.1, 0.15) is 18.9 Å². The minimum atomic E-state index is -0.314. The van der Waals surface area contributed by atoms with Crippen LogP contribution in [0.3, 0.4) is 0 Å². The Bertz CT molecular complexity index is 596. The summed E-state index contributed by atoms with van der Waals surface area (Å²) in [6.07, 6.45) is 1.62. The molecule has 0 unspecified atom stereocenters. The Morgan fingerprint density at radius 3 is 3.28 bits per heavy atom. The Hall–Kier alpha value is -1.32. The number of hydrogen-bond donors (Lipinski definition) is 0. The molecule has 0 aromatic carbocycles. The lowest BCUT2D eigenvalue weighted by atomic mass is 10.1. The topological polar surface area (TPSA) is 102 Å². The van der Waals surface area contributed by atoms with Gasteiger partial charge in [0.05, 0.1) is 9.61 Å². The zero-order valence-electron chi connectivity index (χ0n) is 9.06. The molecule has 1 aromatic rings. The number of rotatable bonds is 1. The fraction of sp³-hybridized carbons (Fsp3) is 0.556. The van der Waals surface area contributed by atoms with Gasteiger partial charge >= 0.3 is 6.01 Å². The van der Waals surface area contributed by atoms with E-state index in [0.29, 0.717) is 9.99 Å². The fourth-order valence-electron chi connectivity index (χ4n) is 2.12. The molecule has 0 amide bonds. The van der Waals surface area contributed by atoms with Crippen LogP contribution in [0.1, 0.15) is 12.6 Å². The molecule has 1 aromatic heterocycles. The van der Waals surface area contributed by atoms with Gasteiger partial charge in [-0.15, -0.1) is 0 Å². The molecular weight excluding hydrogens is 353 g/mol. The average molecular weight is 361 g/mol. The van der Waals surface area contributed by atoms with E-state index in [1.165, 1.54) is 0 Å². The number of aromatic nitrogens is 2. The summed E-state index contributed by atoms with van der Waals surface area (Å²) in [5.41, 5.74) is 8.18. The van der Waals surface area contributed by atoms with Crippen molar-refractivity contribution in [3.05, 3.63) is 30.6 Å². The highest BCUT2D eigenvalue weighted by atomic mass is 127. The van der Waals surface area contributed by atoms with E-state index in [0.717, 1.165) is 0 Å². The van der Waals surface area contributed by atoms with Crippen molar-refractivity contribution >= 4 is 22.6 Å². The largest absolute Gasteiger partial charge is 0.462 e. The molecule has 3 heterocycles. The highest BCUT2D eigenvalue weighted by Gasteiger charge is 2.39. The molecule has 0 aliphatic carbocycles. The molecule has 1 fully saturated rings. The molecule has 94 valence electrons. The number of ether oxygens (including phenoxy) is 2. The van der Waals surface area contributed by atoms with Crippen molar-refractivity contribution in [3.63, 3.8) is 0 Å². The van der Waals surface area contributed by atoms with Gasteiger partial charge in [-0.05, 0) is 28.1 Å². The Kier molecular flexibility index (Phi) is 2.88. The predicted molar refractivity (Wildman–Crippen MR) is 68.2 cm³/mol. The molecule has 0 N–H and O–H groups in total. The van der Waals surface area contributed by atoms with E-state index in [2.05, 4.69) is 15.0 Å². The standard InChI is InChI=1S/C9H8IN5O3/c10-4-2-15-7-1-5(13-14-11)6(18-7)3-17-9(15)12-8(4)16/h2,5-7H,1,3H2/t5-,6+,7-/m0/s1. The third-order valence-corrected chi connectivity index (χ3v) is 3.71. The summed E-state index contributed by atoms with van der Waals surface area (Å²) in [4.78, 5) is 18.1. The minimum Gasteiger partial charge on any atom is -0.462 e. The molecule has 2 aliphatic heterocycles. The highest BCUT2D eigenvalue weighted by molar-refractivity contribution is 14.1. The van der Waals surface area contributed by atoms with Crippen LogP contribution >= 0.6 is 22.6 Å². The normalized spacial score (nSPS) is 28.8. The Morgan fingerprint density at radius 1 is 1.67 bits per heavy atom. The maximum Gasteiger partial charge on any atom is 0.301 e. The molecule has 18 heavy (non-hydrogen) atoms. The van der Waals surface area contributed by atoms with Crippen molar-refractivity contribution in [2.75, 3.05) is 6.61 Å². The lowest BCUT2D eigenvalue weighted by molar-refractivity contribution is 0.00185. The second kappa shape index (κ2) is 4.41. The van der Waals surface area contributed by atoms with Gasteiger partial charge in [0.15, 0.2) is 0 Å². The van der Waals surface area contributed by atoms with E-state index >= 15 is 0 Å². The van der Waals surface area contributed by atoms with Gasteiger partial charge in [-0.3, -0.25) is 9.36 Å². The molecule has 3 rings (SSSR count). The average Bonchev–Trinajstić information content (AvgIpc) is 2.65. The Labute approximate surface area is 115 Å². The van der Waals surface area contributed by atoms with Crippen LogP contribution in [0.5, 0.6) is 6.01 Å². The van der Waals surface area contributed by atoms with Crippen LogP contribution < -0.4 is 10.3 Å². The van der Waals surface area contributed by atoms with Crippen LogP contribution in [0.25, 0.3) is 10.4 Å². The third kappa shape index (κ3) is 1.84. The Balaban J connectivity index is 2.03. The van der Waals surface area contributed by atoms with Crippen molar-refractivity contribution < 1.29 is 9.47 Å². The zero-order chi connectivity index (χ0) is 12.7. The van der Waals surface area contributed by atoms with E-state index in [4.69, 9.17) is 15.0 Å². The van der Waals surface area contributed by atoms with Crippen LogP contribution in [-0.4, -0.2) is 28.3 Å². The van der Waals surface area contributed by atoms with E-state index < -0.39 is 0 Å². The van der Waals surface area contributed by atoms with Crippen LogP contribution in [0.4, 0.5) is 0 Å². The SMILES string of the molecule is [N-]=[N+]=N[C@H]1C[C@@H]2O[C@@H]1COc1nc(=O)c(I)cn12. The summed E-state index contributed by atoms with van der Waals surface area (Å²) in [6.45, 7) is 0.229. The number of nitrogens with zero attached hydrogens (tertiary/aromatic N) is 5. The summed E-state index contributed by atoms with van der Waals surface area (Å²) < 4.78 is 13.3. The van der Waals surface area contributed by atoms with E-state index in [-0.39, 0.29) is 36.6 Å². The summed E-state index contributed by atoms with van der Waals surface area (Å²) in [7, 11) is 0. The van der Waals surface area contributed by atoms with Crippen molar-refractivity contribution in [2.45, 2.75) is 24.8 Å². The smallest absolute Gasteiger partial charge is 0.301 e. The molecule has 3 atom stereocenters. The maximum absolute atomic E-state index is 11.5. The number of fused-ring (bicyclic) bond motifs is 4. The number of halogens is 1. The van der Waals surface area contributed by atoms with Crippen LogP contribution in [0.15, 0.2) is 16.1 Å². The first-order valence-electron chi connectivity index (χ1n) is 5.30. The quantitative estimate of drug-likeness (QED) is 0.325. The monoisotopic (exact) mass is 361 g/mol. The first-order valence-corrected chi connectivity index (χ1v) is 6.38. The first-order chi connectivity index (χ1) is 8.69. The molecule has 0 radical (unpaired) electrons. The van der Waals surface area contributed by atoms with Crippen LogP contribution in [0, 0.1) is 3.57 Å². The van der Waals surface area contributed by atoms with Crippen molar-refractivity contribution in [1.29, 1.82) is 0 Å². The minimum absolute atomic E-state index is 0.229. The number of hydrogen-bond acceptors (Lipinski definition) is 5. The number of azide groups is 1. The highest BCUT2D eigenvalue weighted by Crippen LogP contribution is 2.35.